The first kappa shape index (κ1) is 10.5. The monoisotopic (exact) mass is 191 g/mol. The van der Waals surface area contributed by atoms with Crippen molar-refractivity contribution in [3.05, 3.63) is 18.0 Å². The molecular weight excluding hydrogens is 178 g/mol. The maximum Gasteiger partial charge on any atom is 0.139 e. The summed E-state index contributed by atoms with van der Waals surface area (Å²) in [5.41, 5.74) is 0.874. The summed E-state index contributed by atoms with van der Waals surface area (Å²) in [6.07, 6.45) is 3.78. The average Bonchev–Trinajstić information content (AvgIpc) is 2.53. The van der Waals surface area contributed by atoms with E-state index < -0.39 is 0 Å². The Bertz CT molecular complexity index is 360. The highest BCUT2D eigenvalue weighted by atomic mass is 16.1. The van der Waals surface area contributed by atoms with Crippen molar-refractivity contribution in [2.24, 2.45) is 5.92 Å². The van der Waals surface area contributed by atoms with Gasteiger partial charge in [-0.25, -0.2) is 0 Å². The molecule has 0 N–H and O–H groups in total. The third-order valence-electron chi connectivity index (χ3n) is 1.94. The van der Waals surface area contributed by atoms with Crippen molar-refractivity contribution in [3.8, 4) is 6.07 Å². The van der Waals surface area contributed by atoms with Crippen molar-refractivity contribution in [1.29, 1.82) is 5.26 Å². The Morgan fingerprint density at radius 2 is 2.43 bits per heavy atom. The van der Waals surface area contributed by atoms with E-state index in [1.807, 2.05) is 19.9 Å². The molecule has 1 heterocycles. The molecule has 0 saturated heterocycles. The largest absolute Gasteiger partial charge is 0.299 e. The Kier molecular flexibility index (Phi) is 3.41. The topological polar surface area (TPSA) is 58.7 Å². The zero-order valence-corrected chi connectivity index (χ0v) is 8.40. The molecule has 4 heteroatoms. The smallest absolute Gasteiger partial charge is 0.139 e. The summed E-state index contributed by atoms with van der Waals surface area (Å²) < 4.78 is 1.53. The highest BCUT2D eigenvalue weighted by Gasteiger charge is 2.09. The van der Waals surface area contributed by atoms with Crippen LogP contribution in [-0.4, -0.2) is 15.6 Å². The lowest BCUT2D eigenvalue weighted by atomic mass is 10.0. The molecule has 74 valence electrons. The highest BCUT2D eigenvalue weighted by molar-refractivity contribution is 5.82. The van der Waals surface area contributed by atoms with Crippen molar-refractivity contribution in [2.45, 2.75) is 26.8 Å². The van der Waals surface area contributed by atoms with Gasteiger partial charge in [-0.2, -0.15) is 10.4 Å². The van der Waals surface area contributed by atoms with Crippen LogP contribution in [0, 0.1) is 17.2 Å². The van der Waals surface area contributed by atoms with Gasteiger partial charge in [-0.05, 0) is 5.56 Å². The number of nitrogens with zero attached hydrogens (tertiary/aromatic N) is 3. The van der Waals surface area contributed by atoms with E-state index in [1.165, 1.54) is 4.68 Å². The molecule has 0 amide bonds. The van der Waals surface area contributed by atoms with Crippen LogP contribution in [0.4, 0.5) is 0 Å². The van der Waals surface area contributed by atoms with Gasteiger partial charge in [0, 0.05) is 18.5 Å². The van der Waals surface area contributed by atoms with Gasteiger partial charge in [-0.1, -0.05) is 13.8 Å². The molecule has 1 aromatic heterocycles. The van der Waals surface area contributed by atoms with E-state index in [0.717, 1.165) is 5.56 Å². The minimum atomic E-state index is 0.0503. The second kappa shape index (κ2) is 4.56. The molecule has 14 heavy (non-hydrogen) atoms. The van der Waals surface area contributed by atoms with E-state index in [1.54, 1.807) is 12.4 Å². The summed E-state index contributed by atoms with van der Waals surface area (Å²) in [6.45, 7) is 3.99. The molecule has 4 nitrogen and oxygen atoms in total. The Morgan fingerprint density at radius 3 is 3.00 bits per heavy atom. The van der Waals surface area contributed by atoms with Crippen molar-refractivity contribution < 1.29 is 4.79 Å². The van der Waals surface area contributed by atoms with Gasteiger partial charge in [0.1, 0.15) is 12.3 Å². The summed E-state index contributed by atoms with van der Waals surface area (Å²) >= 11 is 0. The van der Waals surface area contributed by atoms with Crippen LogP contribution >= 0.6 is 0 Å². The first-order chi connectivity index (χ1) is 6.63. The lowest BCUT2D eigenvalue weighted by Crippen LogP contribution is -2.09. The third kappa shape index (κ3) is 2.70. The lowest BCUT2D eigenvalue weighted by molar-refractivity contribution is -0.121. The molecule has 0 unspecified atom stereocenters. The number of carbonyl (C=O) groups is 1. The van der Waals surface area contributed by atoms with Gasteiger partial charge >= 0.3 is 0 Å². The Hall–Kier alpha value is -1.63. The summed E-state index contributed by atoms with van der Waals surface area (Å²) in [7, 11) is 0. The van der Waals surface area contributed by atoms with E-state index in [0.29, 0.717) is 6.42 Å². The van der Waals surface area contributed by atoms with Crippen LogP contribution in [0.5, 0.6) is 0 Å². The van der Waals surface area contributed by atoms with Crippen LogP contribution in [0.1, 0.15) is 19.4 Å². The van der Waals surface area contributed by atoms with Crippen LogP contribution in [0.15, 0.2) is 12.4 Å². The fraction of sp³-hybridized carbons (Fsp3) is 0.500. The minimum Gasteiger partial charge on any atom is -0.299 e. The van der Waals surface area contributed by atoms with Gasteiger partial charge in [0.2, 0.25) is 0 Å². The van der Waals surface area contributed by atoms with E-state index >= 15 is 0 Å². The molecule has 0 aliphatic carbocycles. The Labute approximate surface area is 83.1 Å². The van der Waals surface area contributed by atoms with Crippen molar-refractivity contribution in [3.63, 3.8) is 0 Å². The average molecular weight is 191 g/mol. The van der Waals surface area contributed by atoms with E-state index in [-0.39, 0.29) is 18.2 Å². The second-order valence-corrected chi connectivity index (χ2v) is 3.50. The van der Waals surface area contributed by atoms with Gasteiger partial charge in [0.15, 0.2) is 0 Å². The summed E-state index contributed by atoms with van der Waals surface area (Å²) in [4.78, 5) is 11.4. The first-order valence-corrected chi connectivity index (χ1v) is 4.54. The van der Waals surface area contributed by atoms with Crippen LogP contribution in [0.3, 0.4) is 0 Å². The number of ketones is 1. The summed E-state index contributed by atoms with van der Waals surface area (Å²) in [5, 5.41) is 12.4. The normalized spacial score (nSPS) is 10.1. The van der Waals surface area contributed by atoms with E-state index in [4.69, 9.17) is 5.26 Å². The van der Waals surface area contributed by atoms with Crippen LogP contribution < -0.4 is 0 Å². The number of hydrogen-bond acceptors (Lipinski definition) is 3. The number of carbonyl (C=O) groups excluding carboxylic acids is 1. The molecular formula is C10H13N3O. The van der Waals surface area contributed by atoms with E-state index in [9.17, 15) is 4.79 Å². The molecule has 0 aliphatic heterocycles. The molecule has 0 spiro atoms. The second-order valence-electron chi connectivity index (χ2n) is 3.50. The maximum atomic E-state index is 11.4. The van der Waals surface area contributed by atoms with Gasteiger partial charge in [0.05, 0.1) is 12.3 Å². The number of hydrogen-bond donors (Lipinski definition) is 0. The standard InChI is InChI=1S/C10H13N3O/c1-8(2)10(14)5-9-6-12-13(7-9)4-3-11/h6-8H,4-5H2,1-2H3. The lowest BCUT2D eigenvalue weighted by Gasteiger charge is -2.00. The quantitative estimate of drug-likeness (QED) is 0.717. The molecule has 1 rings (SSSR count). The predicted molar refractivity (Wildman–Crippen MR) is 51.4 cm³/mol. The fourth-order valence-electron chi connectivity index (χ4n) is 1.06. The zero-order chi connectivity index (χ0) is 10.6. The molecule has 0 bridgehead atoms. The number of rotatable bonds is 4. The van der Waals surface area contributed by atoms with Crippen LogP contribution in [0.2, 0.25) is 0 Å². The molecule has 0 saturated carbocycles. The Morgan fingerprint density at radius 1 is 1.71 bits per heavy atom. The summed E-state index contributed by atoms with van der Waals surface area (Å²) in [5.74, 6) is 0.246. The predicted octanol–water partition coefficient (Wildman–Crippen LogP) is 1.17. The Balaban J connectivity index is 2.60. The number of Topliss-reactive ketones (excluding diaryl/α,β-unsaturated/α-hetero) is 1. The SMILES string of the molecule is CC(C)C(=O)Cc1cnn(CC#N)c1. The maximum absolute atomic E-state index is 11.4. The third-order valence-corrected chi connectivity index (χ3v) is 1.94. The van der Waals surface area contributed by atoms with Gasteiger partial charge < -0.3 is 0 Å². The number of aromatic nitrogens is 2. The summed E-state index contributed by atoms with van der Waals surface area (Å²) in [6, 6.07) is 1.99. The van der Waals surface area contributed by atoms with Crippen molar-refractivity contribution in [1.82, 2.24) is 9.78 Å². The van der Waals surface area contributed by atoms with Crippen molar-refractivity contribution >= 4 is 5.78 Å². The molecule has 0 fully saturated rings. The van der Waals surface area contributed by atoms with Crippen LogP contribution in [-0.2, 0) is 17.8 Å². The van der Waals surface area contributed by atoms with E-state index in [2.05, 4.69) is 5.10 Å². The zero-order valence-electron chi connectivity index (χ0n) is 8.40. The van der Waals surface area contributed by atoms with Crippen molar-refractivity contribution in [2.75, 3.05) is 0 Å². The molecule has 0 radical (unpaired) electrons. The van der Waals surface area contributed by atoms with Gasteiger partial charge in [0.25, 0.3) is 0 Å². The minimum absolute atomic E-state index is 0.0503. The molecule has 1 aromatic rings. The number of nitriles is 1. The molecule has 0 aromatic carbocycles. The highest BCUT2D eigenvalue weighted by Crippen LogP contribution is 2.04. The van der Waals surface area contributed by atoms with Gasteiger partial charge in [-0.3, -0.25) is 9.48 Å². The molecule has 0 atom stereocenters. The fourth-order valence-corrected chi connectivity index (χ4v) is 1.06. The first-order valence-electron chi connectivity index (χ1n) is 4.54. The van der Waals surface area contributed by atoms with Gasteiger partial charge in [-0.15, -0.1) is 0 Å². The van der Waals surface area contributed by atoms with Crippen LogP contribution in [0.25, 0.3) is 0 Å². The molecule has 0 aliphatic rings.